The molecular weight excluding hydrogens is 380 g/mol. The number of hydrogen-bond donors (Lipinski definition) is 1. The Morgan fingerprint density at radius 3 is 2.75 bits per heavy atom. The lowest BCUT2D eigenvalue weighted by Gasteiger charge is -2.31. The zero-order valence-electron chi connectivity index (χ0n) is 16.0. The number of hydrogen-bond acceptors (Lipinski definition) is 5. The van der Waals surface area contributed by atoms with Gasteiger partial charge >= 0.3 is 0 Å². The normalized spacial score (nSPS) is 18.2. The summed E-state index contributed by atoms with van der Waals surface area (Å²) in [6.07, 6.45) is 1.78. The lowest BCUT2D eigenvalue weighted by Crippen LogP contribution is -2.47. The second-order valence-electron chi connectivity index (χ2n) is 6.87. The number of piperidine rings is 1. The average Bonchev–Trinajstić information content (AvgIpc) is 2.70. The molecule has 1 aromatic heterocycles. The molecule has 2 aromatic rings. The molecule has 1 aliphatic heterocycles. The molecular formula is C19H26N4O4S. The second-order valence-corrected chi connectivity index (χ2v) is 8.62. The van der Waals surface area contributed by atoms with Gasteiger partial charge < -0.3 is 4.74 Å². The minimum Gasteiger partial charge on any atom is -0.384 e. The van der Waals surface area contributed by atoms with Gasteiger partial charge in [-0.1, -0.05) is 30.3 Å². The molecule has 28 heavy (non-hydrogen) atoms. The number of ether oxygens (including phenoxy) is 1. The predicted molar refractivity (Wildman–Crippen MR) is 107 cm³/mol. The van der Waals surface area contributed by atoms with Crippen molar-refractivity contribution in [3.63, 3.8) is 0 Å². The number of aromatic nitrogens is 2. The van der Waals surface area contributed by atoms with Crippen molar-refractivity contribution >= 4 is 10.2 Å². The minimum absolute atomic E-state index is 0.0962. The zero-order valence-corrected chi connectivity index (χ0v) is 16.8. The third-order valence-electron chi connectivity index (χ3n) is 4.77. The Kier molecular flexibility index (Phi) is 6.95. The van der Waals surface area contributed by atoms with Crippen LogP contribution in [0.25, 0.3) is 11.3 Å². The topological polar surface area (TPSA) is 93.5 Å². The molecule has 3 rings (SSSR count). The molecule has 0 spiro atoms. The molecule has 9 heteroatoms. The van der Waals surface area contributed by atoms with Gasteiger partial charge in [-0.15, -0.1) is 0 Å². The number of nitrogens with one attached hydrogen (secondary N) is 1. The monoisotopic (exact) mass is 406 g/mol. The molecule has 0 aliphatic carbocycles. The molecule has 2 heterocycles. The largest absolute Gasteiger partial charge is 0.384 e. The van der Waals surface area contributed by atoms with Crippen molar-refractivity contribution in [2.75, 3.05) is 33.4 Å². The molecule has 1 aromatic carbocycles. The summed E-state index contributed by atoms with van der Waals surface area (Å²) in [5.41, 5.74) is 1.30. The van der Waals surface area contributed by atoms with Crippen LogP contribution in [0.5, 0.6) is 0 Å². The third-order valence-corrected chi connectivity index (χ3v) is 6.35. The first-order valence-corrected chi connectivity index (χ1v) is 10.8. The smallest absolute Gasteiger partial charge is 0.279 e. The molecule has 0 saturated carbocycles. The SMILES string of the molecule is COCC1CCCN(S(=O)(=O)NCCn2nc(-c3ccccc3)ccc2=O)C1. The Hall–Kier alpha value is -2.07. The van der Waals surface area contributed by atoms with Crippen LogP contribution >= 0.6 is 0 Å². The Bertz CT molecular complexity index is 928. The maximum atomic E-state index is 12.6. The Labute approximate surface area is 165 Å². The van der Waals surface area contributed by atoms with Gasteiger partial charge in [0, 0.05) is 38.4 Å². The molecule has 1 N–H and O–H groups in total. The van der Waals surface area contributed by atoms with Gasteiger partial charge in [-0.3, -0.25) is 4.79 Å². The van der Waals surface area contributed by atoms with Gasteiger partial charge in [0.15, 0.2) is 0 Å². The first-order valence-electron chi connectivity index (χ1n) is 9.37. The average molecular weight is 407 g/mol. The van der Waals surface area contributed by atoms with Crippen molar-refractivity contribution in [2.45, 2.75) is 19.4 Å². The highest BCUT2D eigenvalue weighted by atomic mass is 32.2. The van der Waals surface area contributed by atoms with E-state index in [2.05, 4.69) is 9.82 Å². The van der Waals surface area contributed by atoms with Gasteiger partial charge in [0.1, 0.15) is 0 Å². The van der Waals surface area contributed by atoms with Gasteiger partial charge in [-0.2, -0.15) is 17.8 Å². The lowest BCUT2D eigenvalue weighted by atomic mass is 10.0. The first kappa shape index (κ1) is 20.7. The molecule has 8 nitrogen and oxygen atoms in total. The fourth-order valence-corrected chi connectivity index (χ4v) is 4.67. The molecule has 1 fully saturated rings. The Morgan fingerprint density at radius 1 is 1.21 bits per heavy atom. The zero-order chi connectivity index (χ0) is 20.0. The maximum absolute atomic E-state index is 12.6. The van der Waals surface area contributed by atoms with E-state index in [-0.39, 0.29) is 24.6 Å². The molecule has 1 saturated heterocycles. The summed E-state index contributed by atoms with van der Waals surface area (Å²) in [7, 11) is -1.97. The van der Waals surface area contributed by atoms with Crippen molar-refractivity contribution in [1.82, 2.24) is 18.8 Å². The van der Waals surface area contributed by atoms with Crippen LogP contribution in [0, 0.1) is 5.92 Å². The Morgan fingerprint density at radius 2 is 2.00 bits per heavy atom. The minimum atomic E-state index is -3.60. The van der Waals surface area contributed by atoms with Gasteiger partial charge in [-0.25, -0.2) is 9.40 Å². The van der Waals surface area contributed by atoms with Crippen LogP contribution in [-0.4, -0.2) is 55.9 Å². The molecule has 1 unspecified atom stereocenters. The quantitative estimate of drug-likeness (QED) is 0.709. The van der Waals surface area contributed by atoms with Crippen molar-refractivity contribution in [3.05, 3.63) is 52.8 Å². The van der Waals surface area contributed by atoms with Gasteiger partial charge in [0.05, 0.1) is 18.8 Å². The van der Waals surface area contributed by atoms with Gasteiger partial charge in [-0.05, 0) is 24.8 Å². The summed E-state index contributed by atoms with van der Waals surface area (Å²) < 4.78 is 35.6. The van der Waals surface area contributed by atoms with E-state index in [1.807, 2.05) is 30.3 Å². The number of methoxy groups -OCH3 is 1. The van der Waals surface area contributed by atoms with Gasteiger partial charge in [0.25, 0.3) is 15.8 Å². The van der Waals surface area contributed by atoms with Crippen LogP contribution in [0.4, 0.5) is 0 Å². The van der Waals surface area contributed by atoms with E-state index in [9.17, 15) is 13.2 Å². The molecule has 1 atom stereocenters. The number of benzene rings is 1. The van der Waals surface area contributed by atoms with Crippen LogP contribution in [-0.2, 0) is 21.5 Å². The van der Waals surface area contributed by atoms with Crippen LogP contribution in [0.2, 0.25) is 0 Å². The summed E-state index contributed by atoms with van der Waals surface area (Å²) in [5, 5.41) is 4.35. The summed E-state index contributed by atoms with van der Waals surface area (Å²) in [4.78, 5) is 12.1. The fraction of sp³-hybridized carbons (Fsp3) is 0.474. The summed E-state index contributed by atoms with van der Waals surface area (Å²) in [5.74, 6) is 0.210. The lowest BCUT2D eigenvalue weighted by molar-refractivity contribution is 0.118. The van der Waals surface area contributed by atoms with Crippen molar-refractivity contribution in [2.24, 2.45) is 5.92 Å². The van der Waals surface area contributed by atoms with E-state index in [0.717, 1.165) is 18.4 Å². The third kappa shape index (κ3) is 5.26. The standard InChI is InChI=1S/C19H26N4O4S/c1-27-15-16-6-5-12-22(14-16)28(25,26)20-11-13-23-19(24)10-9-18(21-23)17-7-3-2-4-8-17/h2-4,7-10,16,20H,5-6,11-15H2,1H3. The molecule has 0 radical (unpaired) electrons. The van der Waals surface area contributed by atoms with E-state index in [1.54, 1.807) is 13.2 Å². The number of rotatable bonds is 8. The molecule has 0 amide bonds. The van der Waals surface area contributed by atoms with Crippen LogP contribution in [0.1, 0.15) is 12.8 Å². The first-order chi connectivity index (χ1) is 13.5. The number of nitrogens with zero attached hydrogens (tertiary/aromatic N) is 3. The van der Waals surface area contributed by atoms with Crippen LogP contribution in [0.15, 0.2) is 47.3 Å². The van der Waals surface area contributed by atoms with Crippen molar-refractivity contribution in [1.29, 1.82) is 0 Å². The van der Waals surface area contributed by atoms with Gasteiger partial charge in [0.2, 0.25) is 0 Å². The van der Waals surface area contributed by atoms with Crippen LogP contribution in [0.3, 0.4) is 0 Å². The van der Waals surface area contributed by atoms with E-state index in [1.165, 1.54) is 15.1 Å². The molecule has 1 aliphatic rings. The predicted octanol–water partition coefficient (Wildman–Crippen LogP) is 1.10. The highest BCUT2D eigenvalue weighted by Gasteiger charge is 2.28. The summed E-state index contributed by atoms with van der Waals surface area (Å²) in [6, 6.07) is 12.6. The second kappa shape index (κ2) is 9.42. The summed E-state index contributed by atoms with van der Waals surface area (Å²) >= 11 is 0. The fourth-order valence-electron chi connectivity index (χ4n) is 3.36. The van der Waals surface area contributed by atoms with Crippen molar-refractivity contribution in [3.8, 4) is 11.3 Å². The van der Waals surface area contributed by atoms with E-state index >= 15 is 0 Å². The Balaban J connectivity index is 1.62. The maximum Gasteiger partial charge on any atom is 0.279 e. The van der Waals surface area contributed by atoms with E-state index < -0.39 is 10.2 Å². The highest BCUT2D eigenvalue weighted by molar-refractivity contribution is 7.87. The van der Waals surface area contributed by atoms with E-state index in [0.29, 0.717) is 25.4 Å². The van der Waals surface area contributed by atoms with Crippen LogP contribution < -0.4 is 10.3 Å². The van der Waals surface area contributed by atoms with Crippen molar-refractivity contribution < 1.29 is 13.2 Å². The molecule has 0 bridgehead atoms. The summed E-state index contributed by atoms with van der Waals surface area (Å²) in [6.45, 7) is 1.76. The highest BCUT2D eigenvalue weighted by Crippen LogP contribution is 2.18. The molecule has 152 valence electrons. The van der Waals surface area contributed by atoms with E-state index in [4.69, 9.17) is 4.74 Å².